The van der Waals surface area contributed by atoms with E-state index in [1.54, 1.807) is 0 Å². The Kier molecular flexibility index (Phi) is 2.95. The van der Waals surface area contributed by atoms with E-state index in [1.165, 1.54) is 6.33 Å². The average Bonchev–Trinajstić information content (AvgIpc) is 3.02. The first-order valence-corrected chi connectivity index (χ1v) is 6.43. The second-order valence-corrected chi connectivity index (χ2v) is 5.13. The molecule has 1 saturated heterocycles. The van der Waals surface area contributed by atoms with Gasteiger partial charge in [-0.15, -0.1) is 0 Å². The highest BCUT2D eigenvalue weighted by molar-refractivity contribution is 5.89. The molecule has 0 amide bonds. The van der Waals surface area contributed by atoms with Crippen LogP contribution in [0, 0.1) is 6.92 Å². The molecule has 1 aliphatic rings. The predicted octanol–water partition coefficient (Wildman–Crippen LogP) is 0.561. The zero-order valence-electron chi connectivity index (χ0n) is 11.1. The molecule has 106 valence electrons. The number of anilines is 1. The first-order valence-electron chi connectivity index (χ1n) is 6.43. The zero-order chi connectivity index (χ0) is 14.3. The van der Waals surface area contributed by atoms with Crippen LogP contribution in [-0.2, 0) is 9.53 Å². The van der Waals surface area contributed by atoms with Gasteiger partial charge >= 0.3 is 0 Å². The van der Waals surface area contributed by atoms with Gasteiger partial charge in [0.1, 0.15) is 29.6 Å². The number of nitrogen functional groups attached to an aromatic ring is 1. The van der Waals surface area contributed by atoms with Gasteiger partial charge in [0, 0.05) is 6.20 Å². The summed E-state index contributed by atoms with van der Waals surface area (Å²) in [6.07, 6.45) is 4.75. The van der Waals surface area contributed by atoms with Crippen molar-refractivity contribution in [1.82, 2.24) is 14.5 Å². The molecule has 0 aliphatic carbocycles. The topological polar surface area (TPSA) is 103 Å². The summed E-state index contributed by atoms with van der Waals surface area (Å²) in [5.41, 5.74) is 6.40. The van der Waals surface area contributed by atoms with Crippen LogP contribution in [0.4, 0.5) is 5.82 Å². The van der Waals surface area contributed by atoms with E-state index in [1.807, 2.05) is 17.7 Å². The zero-order valence-corrected chi connectivity index (χ0v) is 11.1. The maximum Gasteiger partial charge on any atom is 0.154 e. The molecular weight excluding hydrogens is 260 g/mol. The molecule has 2 atom stereocenters. The number of carbonyl (C=O) groups excluding carboxylic acids is 1. The van der Waals surface area contributed by atoms with E-state index in [4.69, 9.17) is 10.5 Å². The Morgan fingerprint density at radius 3 is 3.10 bits per heavy atom. The number of nitrogens with two attached hydrogens (primary N) is 1. The highest BCUT2D eigenvalue weighted by Crippen LogP contribution is 2.37. The molecule has 2 aromatic rings. The van der Waals surface area contributed by atoms with Crippen LogP contribution in [0.3, 0.4) is 0 Å². The average molecular weight is 276 g/mol. The van der Waals surface area contributed by atoms with Crippen LogP contribution in [0.2, 0.25) is 0 Å². The Bertz CT molecular complexity index is 669. The van der Waals surface area contributed by atoms with Gasteiger partial charge in [0.05, 0.1) is 12.0 Å². The minimum absolute atomic E-state index is 0.317. The van der Waals surface area contributed by atoms with Crippen LogP contribution in [-0.4, -0.2) is 38.1 Å². The fourth-order valence-electron chi connectivity index (χ4n) is 2.71. The molecule has 7 heteroatoms. The molecule has 0 aromatic carbocycles. The first-order chi connectivity index (χ1) is 9.60. The number of carbonyl (C=O) groups is 1. The van der Waals surface area contributed by atoms with Crippen LogP contribution in [0.5, 0.6) is 0 Å². The van der Waals surface area contributed by atoms with E-state index >= 15 is 0 Å². The van der Waals surface area contributed by atoms with Crippen LogP contribution in [0.25, 0.3) is 11.0 Å². The van der Waals surface area contributed by atoms with E-state index in [2.05, 4.69) is 9.97 Å². The minimum atomic E-state index is -1.10. The summed E-state index contributed by atoms with van der Waals surface area (Å²) >= 11 is 0. The molecular formula is C13H16N4O3. The summed E-state index contributed by atoms with van der Waals surface area (Å²) in [6.45, 7) is 1.61. The van der Waals surface area contributed by atoms with Crippen LogP contribution >= 0.6 is 0 Å². The molecule has 7 nitrogen and oxygen atoms in total. The maximum atomic E-state index is 11.1. The SMILES string of the molecule is Cc1cn([C@H]2CC[C@@](C=O)(CO)O2)c2ncnc(N)c12. The molecule has 3 N–H and O–H groups in total. The van der Waals surface area contributed by atoms with Gasteiger partial charge in [-0.2, -0.15) is 0 Å². The summed E-state index contributed by atoms with van der Waals surface area (Å²) in [6, 6.07) is 0. The third-order valence-corrected chi connectivity index (χ3v) is 3.81. The molecule has 3 heterocycles. The molecule has 2 aromatic heterocycles. The highest BCUT2D eigenvalue weighted by atomic mass is 16.5. The summed E-state index contributed by atoms with van der Waals surface area (Å²) in [5, 5.41) is 10.1. The second kappa shape index (κ2) is 4.53. The number of aliphatic hydroxyl groups excluding tert-OH is 1. The molecule has 0 radical (unpaired) electrons. The standard InChI is InChI=1S/C13H16N4O3/c1-8-4-17(12-10(8)11(14)15-7-16-12)9-2-3-13(5-18,6-19)20-9/h4-5,7,9,19H,2-3,6H2,1H3,(H2,14,15,16)/t9-,13-/m1/s1. The third-order valence-electron chi connectivity index (χ3n) is 3.81. The number of hydrogen-bond acceptors (Lipinski definition) is 6. The number of aromatic nitrogens is 3. The lowest BCUT2D eigenvalue weighted by molar-refractivity contribution is -0.140. The number of aryl methyl sites for hydroxylation is 1. The van der Waals surface area contributed by atoms with Gasteiger partial charge in [-0.3, -0.25) is 0 Å². The Morgan fingerprint density at radius 2 is 2.45 bits per heavy atom. The molecule has 0 spiro atoms. The number of ether oxygens (including phenoxy) is 1. The van der Waals surface area contributed by atoms with Crippen LogP contribution in [0.15, 0.2) is 12.5 Å². The van der Waals surface area contributed by atoms with Crippen molar-refractivity contribution in [3.8, 4) is 0 Å². The number of rotatable bonds is 3. The Morgan fingerprint density at radius 1 is 1.65 bits per heavy atom. The van der Waals surface area contributed by atoms with Crippen molar-refractivity contribution in [3.63, 3.8) is 0 Å². The van der Waals surface area contributed by atoms with E-state index in [9.17, 15) is 9.90 Å². The summed E-state index contributed by atoms with van der Waals surface area (Å²) in [5.74, 6) is 0.424. The van der Waals surface area contributed by atoms with Crippen molar-refractivity contribution in [1.29, 1.82) is 0 Å². The normalized spacial score (nSPS) is 26.2. The second-order valence-electron chi connectivity index (χ2n) is 5.13. The lowest BCUT2D eigenvalue weighted by atomic mass is 10.0. The molecule has 0 bridgehead atoms. The van der Waals surface area contributed by atoms with Crippen molar-refractivity contribution >= 4 is 23.1 Å². The molecule has 0 saturated carbocycles. The van der Waals surface area contributed by atoms with E-state index in [0.717, 1.165) is 10.9 Å². The van der Waals surface area contributed by atoms with E-state index in [0.29, 0.717) is 30.6 Å². The number of hydrogen-bond donors (Lipinski definition) is 2. The monoisotopic (exact) mass is 276 g/mol. The van der Waals surface area contributed by atoms with Gasteiger partial charge in [0.25, 0.3) is 0 Å². The predicted molar refractivity (Wildman–Crippen MR) is 71.9 cm³/mol. The molecule has 3 rings (SSSR count). The van der Waals surface area contributed by atoms with Crippen molar-refractivity contribution < 1.29 is 14.6 Å². The lowest BCUT2D eigenvalue weighted by Crippen LogP contribution is -2.34. The molecule has 20 heavy (non-hydrogen) atoms. The Balaban J connectivity index is 2.04. The van der Waals surface area contributed by atoms with E-state index < -0.39 is 5.60 Å². The minimum Gasteiger partial charge on any atom is -0.393 e. The van der Waals surface area contributed by atoms with E-state index in [-0.39, 0.29) is 12.8 Å². The summed E-state index contributed by atoms with van der Waals surface area (Å²) < 4.78 is 7.59. The smallest absolute Gasteiger partial charge is 0.154 e. The molecule has 1 fully saturated rings. The van der Waals surface area contributed by atoms with Crippen molar-refractivity contribution in [2.24, 2.45) is 0 Å². The molecule has 1 aliphatic heterocycles. The lowest BCUT2D eigenvalue weighted by Gasteiger charge is -2.21. The van der Waals surface area contributed by atoms with Gasteiger partial charge in [-0.1, -0.05) is 0 Å². The largest absolute Gasteiger partial charge is 0.393 e. The number of fused-ring (bicyclic) bond motifs is 1. The van der Waals surface area contributed by atoms with Gasteiger partial charge in [0.15, 0.2) is 6.29 Å². The summed E-state index contributed by atoms with van der Waals surface area (Å²) in [7, 11) is 0. The van der Waals surface area contributed by atoms with Crippen LogP contribution in [0.1, 0.15) is 24.6 Å². The first kappa shape index (κ1) is 13.0. The quantitative estimate of drug-likeness (QED) is 0.794. The van der Waals surface area contributed by atoms with Crippen molar-refractivity contribution in [3.05, 3.63) is 18.1 Å². The van der Waals surface area contributed by atoms with Gasteiger partial charge in [0.2, 0.25) is 0 Å². The van der Waals surface area contributed by atoms with Gasteiger partial charge < -0.3 is 24.9 Å². The fourth-order valence-corrected chi connectivity index (χ4v) is 2.71. The van der Waals surface area contributed by atoms with Crippen molar-refractivity contribution in [2.75, 3.05) is 12.3 Å². The Labute approximate surface area is 115 Å². The number of aldehydes is 1. The highest BCUT2D eigenvalue weighted by Gasteiger charge is 2.41. The third kappa shape index (κ3) is 1.78. The number of nitrogens with zero attached hydrogens (tertiary/aromatic N) is 3. The fraction of sp³-hybridized carbons (Fsp3) is 0.462. The maximum absolute atomic E-state index is 11.1. The van der Waals surface area contributed by atoms with Crippen molar-refractivity contribution in [2.45, 2.75) is 31.6 Å². The number of aliphatic hydroxyl groups is 1. The van der Waals surface area contributed by atoms with Crippen LogP contribution < -0.4 is 5.73 Å². The summed E-state index contributed by atoms with van der Waals surface area (Å²) in [4.78, 5) is 19.4. The molecule has 0 unspecified atom stereocenters. The Hall–Kier alpha value is -1.99. The van der Waals surface area contributed by atoms with Gasteiger partial charge in [-0.05, 0) is 25.3 Å². The van der Waals surface area contributed by atoms with Gasteiger partial charge in [-0.25, -0.2) is 9.97 Å².